The van der Waals surface area contributed by atoms with Crippen LogP contribution in [0.25, 0.3) is 0 Å². The van der Waals surface area contributed by atoms with Crippen molar-refractivity contribution in [2.75, 3.05) is 4.90 Å². The number of hydrogen-bond acceptors (Lipinski definition) is 3. The maximum atomic E-state index is 12.3. The number of carbonyl (C=O) groups is 3. The second-order valence-corrected chi connectivity index (χ2v) is 4.84. The molecule has 0 radical (unpaired) electrons. The van der Waals surface area contributed by atoms with E-state index in [1.54, 1.807) is 24.3 Å². The summed E-state index contributed by atoms with van der Waals surface area (Å²) in [5, 5.41) is 0. The first-order valence-corrected chi connectivity index (χ1v) is 6.13. The van der Waals surface area contributed by atoms with Gasteiger partial charge in [-0.1, -0.05) is 18.2 Å². The van der Waals surface area contributed by atoms with E-state index in [0.29, 0.717) is 18.5 Å². The topological polar surface area (TPSA) is 54.5 Å². The van der Waals surface area contributed by atoms with Crippen molar-refractivity contribution in [3.8, 4) is 0 Å². The third-order valence-electron chi connectivity index (χ3n) is 3.76. The second-order valence-electron chi connectivity index (χ2n) is 4.84. The summed E-state index contributed by atoms with van der Waals surface area (Å²) in [6, 6.07) is 8.92. The summed E-state index contributed by atoms with van der Waals surface area (Å²) in [5.41, 5.74) is 0.606. The Bertz CT molecular complexity index is 523. The van der Waals surface area contributed by atoms with Crippen LogP contribution in [0.2, 0.25) is 0 Å². The molecule has 2 amide bonds. The van der Waals surface area contributed by atoms with Crippen molar-refractivity contribution < 1.29 is 14.4 Å². The van der Waals surface area contributed by atoms with Gasteiger partial charge in [0.25, 0.3) is 0 Å². The molecule has 0 aromatic heterocycles. The van der Waals surface area contributed by atoms with E-state index in [1.807, 2.05) is 6.07 Å². The van der Waals surface area contributed by atoms with E-state index in [-0.39, 0.29) is 29.9 Å². The molecule has 1 aromatic rings. The standard InChI is InChI=1S/C14H13NO3/c16-10-6-7-11-12(8-10)14(18)15(13(11)17)9-4-2-1-3-5-9/h1-5,11-12H,6-8H2/t11-,12-/m1/s1. The fourth-order valence-corrected chi connectivity index (χ4v) is 2.83. The van der Waals surface area contributed by atoms with Gasteiger partial charge in [0.1, 0.15) is 5.78 Å². The van der Waals surface area contributed by atoms with Crippen LogP contribution in [0.3, 0.4) is 0 Å². The number of para-hydroxylation sites is 1. The van der Waals surface area contributed by atoms with Crippen LogP contribution in [0.15, 0.2) is 30.3 Å². The van der Waals surface area contributed by atoms with Crippen molar-refractivity contribution in [2.45, 2.75) is 19.3 Å². The van der Waals surface area contributed by atoms with Crippen LogP contribution in [-0.2, 0) is 14.4 Å². The Balaban J connectivity index is 1.96. The molecule has 3 rings (SSSR count). The van der Waals surface area contributed by atoms with Crippen LogP contribution < -0.4 is 4.90 Å². The lowest BCUT2D eigenvalue weighted by Crippen LogP contribution is -2.30. The lowest BCUT2D eigenvalue weighted by atomic mass is 9.80. The Hall–Kier alpha value is -1.97. The van der Waals surface area contributed by atoms with Crippen molar-refractivity contribution in [1.82, 2.24) is 0 Å². The highest BCUT2D eigenvalue weighted by molar-refractivity contribution is 6.23. The number of hydrogen-bond donors (Lipinski definition) is 0. The van der Waals surface area contributed by atoms with Gasteiger partial charge in [-0.3, -0.25) is 19.3 Å². The first-order valence-electron chi connectivity index (χ1n) is 6.13. The minimum absolute atomic E-state index is 0.0901. The number of carbonyl (C=O) groups excluding carboxylic acids is 3. The maximum absolute atomic E-state index is 12.3. The van der Waals surface area contributed by atoms with Crippen molar-refractivity contribution in [1.29, 1.82) is 0 Å². The molecule has 92 valence electrons. The average molecular weight is 243 g/mol. The molecule has 1 aliphatic heterocycles. The summed E-state index contributed by atoms with van der Waals surface area (Å²) in [7, 11) is 0. The van der Waals surface area contributed by atoms with Gasteiger partial charge in [0.15, 0.2) is 0 Å². The molecular weight excluding hydrogens is 230 g/mol. The van der Waals surface area contributed by atoms with Gasteiger partial charge in [-0.2, -0.15) is 0 Å². The summed E-state index contributed by atoms with van der Waals surface area (Å²) in [4.78, 5) is 37.2. The van der Waals surface area contributed by atoms with Crippen molar-refractivity contribution in [3.63, 3.8) is 0 Å². The van der Waals surface area contributed by atoms with Crippen LogP contribution in [0, 0.1) is 11.8 Å². The lowest BCUT2D eigenvalue weighted by molar-refractivity contribution is -0.129. The molecule has 0 bridgehead atoms. The normalized spacial score (nSPS) is 27.6. The average Bonchev–Trinajstić information content (AvgIpc) is 2.63. The number of rotatable bonds is 1. The highest BCUT2D eigenvalue weighted by Crippen LogP contribution is 2.38. The van der Waals surface area contributed by atoms with Gasteiger partial charge in [0.05, 0.1) is 17.5 Å². The molecule has 1 heterocycles. The van der Waals surface area contributed by atoms with E-state index < -0.39 is 5.92 Å². The van der Waals surface area contributed by atoms with E-state index in [1.165, 1.54) is 4.90 Å². The van der Waals surface area contributed by atoms with Gasteiger partial charge in [0.2, 0.25) is 11.8 Å². The molecule has 2 fully saturated rings. The highest BCUT2D eigenvalue weighted by Gasteiger charge is 2.50. The molecule has 18 heavy (non-hydrogen) atoms. The molecule has 2 aliphatic rings. The summed E-state index contributed by atoms with van der Waals surface area (Å²) in [6.07, 6.45) is 1.15. The Labute approximate surface area is 105 Å². The summed E-state index contributed by atoms with van der Waals surface area (Å²) < 4.78 is 0. The molecule has 1 aliphatic carbocycles. The van der Waals surface area contributed by atoms with Crippen LogP contribution in [-0.4, -0.2) is 17.6 Å². The molecule has 2 atom stereocenters. The molecule has 0 unspecified atom stereocenters. The molecule has 0 N–H and O–H groups in total. The number of imide groups is 1. The SMILES string of the molecule is O=C1CC[C@H]2C(=O)N(c3ccccc3)C(=O)[C@@H]2C1. The predicted molar refractivity (Wildman–Crippen MR) is 64.8 cm³/mol. The number of nitrogens with zero attached hydrogens (tertiary/aromatic N) is 1. The highest BCUT2D eigenvalue weighted by atomic mass is 16.2. The van der Waals surface area contributed by atoms with Gasteiger partial charge in [-0.25, -0.2) is 0 Å². The van der Waals surface area contributed by atoms with Crippen LogP contribution in [0.1, 0.15) is 19.3 Å². The van der Waals surface area contributed by atoms with Crippen LogP contribution >= 0.6 is 0 Å². The van der Waals surface area contributed by atoms with E-state index in [0.717, 1.165) is 0 Å². The van der Waals surface area contributed by atoms with Crippen molar-refractivity contribution in [2.24, 2.45) is 11.8 Å². The number of amides is 2. The zero-order valence-electron chi connectivity index (χ0n) is 9.83. The fourth-order valence-electron chi connectivity index (χ4n) is 2.83. The maximum Gasteiger partial charge on any atom is 0.238 e. The van der Waals surface area contributed by atoms with Gasteiger partial charge in [-0.15, -0.1) is 0 Å². The Morgan fingerprint density at radius 3 is 2.33 bits per heavy atom. The van der Waals surface area contributed by atoms with Gasteiger partial charge in [-0.05, 0) is 18.6 Å². The Morgan fingerprint density at radius 1 is 0.944 bits per heavy atom. The van der Waals surface area contributed by atoms with E-state index in [4.69, 9.17) is 0 Å². The third kappa shape index (κ3) is 1.56. The molecule has 1 saturated heterocycles. The van der Waals surface area contributed by atoms with E-state index >= 15 is 0 Å². The predicted octanol–water partition coefficient (Wildman–Crippen LogP) is 1.55. The largest absolute Gasteiger partial charge is 0.300 e. The van der Waals surface area contributed by atoms with Crippen molar-refractivity contribution in [3.05, 3.63) is 30.3 Å². The summed E-state index contributed by atoms with van der Waals surface area (Å²) >= 11 is 0. The monoisotopic (exact) mass is 243 g/mol. The first-order chi connectivity index (χ1) is 8.68. The second kappa shape index (κ2) is 4.05. The fraction of sp³-hybridized carbons (Fsp3) is 0.357. The zero-order valence-corrected chi connectivity index (χ0v) is 9.83. The number of benzene rings is 1. The van der Waals surface area contributed by atoms with Crippen LogP contribution in [0.4, 0.5) is 5.69 Å². The molecule has 1 saturated carbocycles. The quantitative estimate of drug-likeness (QED) is 0.703. The number of anilines is 1. The Kier molecular flexibility index (Phi) is 2.51. The van der Waals surface area contributed by atoms with Gasteiger partial charge < -0.3 is 0 Å². The van der Waals surface area contributed by atoms with Crippen LogP contribution in [0.5, 0.6) is 0 Å². The van der Waals surface area contributed by atoms with Crippen molar-refractivity contribution >= 4 is 23.3 Å². The summed E-state index contributed by atoms with van der Waals surface area (Å²) in [5.74, 6) is -1.00. The molecule has 4 heteroatoms. The molecule has 0 spiro atoms. The lowest BCUT2D eigenvalue weighted by Gasteiger charge is -2.18. The van der Waals surface area contributed by atoms with Gasteiger partial charge in [0, 0.05) is 12.8 Å². The zero-order chi connectivity index (χ0) is 12.7. The third-order valence-corrected chi connectivity index (χ3v) is 3.76. The van der Waals surface area contributed by atoms with E-state index in [9.17, 15) is 14.4 Å². The smallest absolute Gasteiger partial charge is 0.238 e. The molecule has 1 aromatic carbocycles. The minimum atomic E-state index is -0.432. The molecular formula is C14H13NO3. The molecule has 4 nitrogen and oxygen atoms in total. The number of ketones is 1. The number of Topliss-reactive ketones (excluding diaryl/α,β-unsaturated/α-hetero) is 1. The number of fused-ring (bicyclic) bond motifs is 1. The van der Waals surface area contributed by atoms with Gasteiger partial charge >= 0.3 is 0 Å². The minimum Gasteiger partial charge on any atom is -0.300 e. The summed E-state index contributed by atoms with van der Waals surface area (Å²) in [6.45, 7) is 0. The van der Waals surface area contributed by atoms with E-state index in [2.05, 4.69) is 0 Å². The first kappa shape index (κ1) is 11.1. The Morgan fingerprint density at radius 2 is 1.61 bits per heavy atom.